The van der Waals surface area contributed by atoms with E-state index in [2.05, 4.69) is 5.32 Å². The van der Waals surface area contributed by atoms with Crippen molar-refractivity contribution in [1.29, 1.82) is 0 Å². The van der Waals surface area contributed by atoms with Crippen molar-refractivity contribution in [3.05, 3.63) is 0 Å². The molecule has 0 unspecified atom stereocenters. The van der Waals surface area contributed by atoms with Gasteiger partial charge in [-0.2, -0.15) is 0 Å². The van der Waals surface area contributed by atoms with Crippen molar-refractivity contribution < 1.29 is 19.1 Å². The summed E-state index contributed by atoms with van der Waals surface area (Å²) in [7, 11) is 0. The van der Waals surface area contributed by atoms with Gasteiger partial charge in [0.05, 0.1) is 0 Å². The second-order valence-corrected chi connectivity index (χ2v) is 6.26. The molecule has 0 aromatic rings. The fourth-order valence-corrected chi connectivity index (χ4v) is 3.56. The number of nitrogens with one attached hydrogen (secondary N) is 1. The Morgan fingerprint density at radius 1 is 1.19 bits per heavy atom. The lowest BCUT2D eigenvalue weighted by molar-refractivity contribution is -0.136. The van der Waals surface area contributed by atoms with E-state index in [1.807, 2.05) is 0 Å². The van der Waals surface area contributed by atoms with Crippen molar-refractivity contribution in [2.24, 2.45) is 17.6 Å². The second-order valence-electron chi connectivity index (χ2n) is 6.26. The number of hydrogen-bond acceptors (Lipinski definition) is 4. The molecule has 7 heteroatoms. The maximum absolute atomic E-state index is 12.0. The lowest BCUT2D eigenvalue weighted by Crippen LogP contribution is -2.47. The number of rotatable bonds is 4. The summed E-state index contributed by atoms with van der Waals surface area (Å²) in [6, 6.07) is -0.544. The Hall–Kier alpha value is -1.79. The lowest BCUT2D eigenvalue weighted by Gasteiger charge is -2.22. The number of likely N-dealkylation sites (tertiary alicyclic amines) is 1. The monoisotopic (exact) mass is 295 g/mol. The third kappa shape index (κ3) is 3.11. The zero-order valence-electron chi connectivity index (χ0n) is 11.9. The zero-order valence-corrected chi connectivity index (χ0v) is 11.9. The highest BCUT2D eigenvalue weighted by atomic mass is 16.6. The number of fused-ring (bicyclic) bond motifs is 1. The number of carbonyl (C=O) groups is 3. The number of primary amides is 1. The average molecular weight is 295 g/mol. The van der Waals surface area contributed by atoms with E-state index in [-0.39, 0.29) is 18.6 Å². The van der Waals surface area contributed by atoms with Crippen molar-refractivity contribution in [3.63, 3.8) is 0 Å². The van der Waals surface area contributed by atoms with Crippen molar-refractivity contribution in [2.45, 2.75) is 44.2 Å². The van der Waals surface area contributed by atoms with Gasteiger partial charge >= 0.3 is 6.09 Å². The summed E-state index contributed by atoms with van der Waals surface area (Å²) in [6.45, 7) is 0.358. The summed E-state index contributed by atoms with van der Waals surface area (Å²) >= 11 is 0. The topological polar surface area (TPSA) is 102 Å². The maximum atomic E-state index is 12.0. The second kappa shape index (κ2) is 5.54. The van der Waals surface area contributed by atoms with E-state index in [1.54, 1.807) is 0 Å². The molecule has 0 spiro atoms. The van der Waals surface area contributed by atoms with Crippen LogP contribution in [0, 0.1) is 11.8 Å². The summed E-state index contributed by atoms with van der Waals surface area (Å²) in [5, 5.41) is 2.47. The average Bonchev–Trinajstić information content (AvgIpc) is 2.90. The maximum Gasteiger partial charge on any atom is 0.407 e. The SMILES string of the molecule is NC(=O)[C@@H]1CCCN1C(=O)CNC(=O)O[C@@H]1C[C@@H]2C[C@@H]2C1. The Morgan fingerprint density at radius 2 is 1.90 bits per heavy atom. The van der Waals surface area contributed by atoms with Crippen LogP contribution in [0.5, 0.6) is 0 Å². The van der Waals surface area contributed by atoms with Crippen LogP contribution in [-0.2, 0) is 14.3 Å². The summed E-state index contributed by atoms with van der Waals surface area (Å²) in [4.78, 5) is 36.3. The predicted molar refractivity (Wildman–Crippen MR) is 73.0 cm³/mol. The third-order valence-electron chi connectivity index (χ3n) is 4.76. The molecule has 116 valence electrons. The predicted octanol–water partition coefficient (Wildman–Crippen LogP) is -0.0126. The highest BCUT2D eigenvalue weighted by molar-refractivity contribution is 5.89. The van der Waals surface area contributed by atoms with Gasteiger partial charge in [0.15, 0.2) is 0 Å². The quantitative estimate of drug-likeness (QED) is 0.761. The first kappa shape index (κ1) is 14.2. The summed E-state index contributed by atoms with van der Waals surface area (Å²) in [5.41, 5.74) is 5.26. The van der Waals surface area contributed by atoms with E-state index in [0.29, 0.717) is 13.0 Å². The molecular weight excluding hydrogens is 274 g/mol. The van der Waals surface area contributed by atoms with Gasteiger partial charge < -0.3 is 20.7 Å². The van der Waals surface area contributed by atoms with Gasteiger partial charge in [0.1, 0.15) is 18.7 Å². The van der Waals surface area contributed by atoms with Gasteiger partial charge in [-0.05, 0) is 43.9 Å². The molecule has 3 fully saturated rings. The Bertz CT molecular complexity index is 457. The first-order valence-electron chi connectivity index (χ1n) is 7.58. The minimum absolute atomic E-state index is 0.00555. The van der Waals surface area contributed by atoms with E-state index in [4.69, 9.17) is 10.5 Å². The third-order valence-corrected chi connectivity index (χ3v) is 4.76. The van der Waals surface area contributed by atoms with Crippen LogP contribution in [0.15, 0.2) is 0 Å². The Labute approximate surface area is 123 Å². The van der Waals surface area contributed by atoms with Crippen molar-refractivity contribution in [3.8, 4) is 0 Å². The fourth-order valence-electron chi connectivity index (χ4n) is 3.56. The molecule has 3 rings (SSSR count). The molecule has 0 bridgehead atoms. The van der Waals surface area contributed by atoms with Gasteiger partial charge in [0.2, 0.25) is 11.8 Å². The van der Waals surface area contributed by atoms with Crippen LogP contribution < -0.4 is 11.1 Å². The molecule has 7 nitrogen and oxygen atoms in total. The van der Waals surface area contributed by atoms with Crippen LogP contribution in [0.4, 0.5) is 4.79 Å². The summed E-state index contributed by atoms with van der Waals surface area (Å²) in [5.74, 6) is 0.701. The molecule has 0 radical (unpaired) electrons. The van der Waals surface area contributed by atoms with E-state index in [9.17, 15) is 14.4 Å². The number of nitrogens with two attached hydrogens (primary N) is 1. The lowest BCUT2D eigenvalue weighted by atomic mass is 10.2. The van der Waals surface area contributed by atoms with Gasteiger partial charge in [-0.15, -0.1) is 0 Å². The minimum Gasteiger partial charge on any atom is -0.446 e. The number of carbonyl (C=O) groups excluding carboxylic acids is 3. The van der Waals surface area contributed by atoms with Gasteiger partial charge in [0.25, 0.3) is 0 Å². The fraction of sp³-hybridized carbons (Fsp3) is 0.786. The van der Waals surface area contributed by atoms with Crippen LogP contribution in [-0.4, -0.2) is 48.0 Å². The molecule has 3 aliphatic rings. The first-order chi connectivity index (χ1) is 10.0. The normalized spacial score (nSPS) is 33.4. The van der Waals surface area contributed by atoms with Crippen LogP contribution >= 0.6 is 0 Å². The molecular formula is C14H21N3O4. The van der Waals surface area contributed by atoms with Crippen LogP contribution in [0.3, 0.4) is 0 Å². The molecule has 3 N–H and O–H groups in total. The Balaban J connectivity index is 1.40. The Kier molecular flexibility index (Phi) is 3.73. The summed E-state index contributed by atoms with van der Waals surface area (Å²) < 4.78 is 5.29. The largest absolute Gasteiger partial charge is 0.446 e. The first-order valence-corrected chi connectivity index (χ1v) is 7.58. The van der Waals surface area contributed by atoms with E-state index in [1.165, 1.54) is 11.3 Å². The minimum atomic E-state index is -0.551. The highest BCUT2D eigenvalue weighted by Crippen LogP contribution is 2.52. The molecule has 3 amide bonds. The molecule has 2 aliphatic carbocycles. The number of alkyl carbamates (subject to hydrolysis) is 1. The standard InChI is InChI=1S/C14H21N3O4/c15-13(19)11-2-1-3-17(11)12(18)7-16-14(20)21-10-5-8-4-9(8)6-10/h8-11H,1-7H2,(H2,15,19)(H,16,20)/t8-,9+,10+,11-/m0/s1. The highest BCUT2D eigenvalue weighted by Gasteiger charge is 2.47. The Morgan fingerprint density at radius 3 is 2.57 bits per heavy atom. The molecule has 0 aromatic carbocycles. The van der Waals surface area contributed by atoms with E-state index >= 15 is 0 Å². The van der Waals surface area contributed by atoms with Crippen molar-refractivity contribution >= 4 is 17.9 Å². The zero-order chi connectivity index (χ0) is 15.0. The number of hydrogen-bond donors (Lipinski definition) is 2. The van der Waals surface area contributed by atoms with E-state index in [0.717, 1.165) is 31.1 Å². The van der Waals surface area contributed by atoms with Gasteiger partial charge in [-0.3, -0.25) is 9.59 Å². The molecule has 2 saturated carbocycles. The van der Waals surface area contributed by atoms with Gasteiger partial charge in [-0.25, -0.2) is 4.79 Å². The van der Waals surface area contributed by atoms with Crippen LogP contribution in [0.2, 0.25) is 0 Å². The summed E-state index contributed by atoms with van der Waals surface area (Å²) in [6.07, 6.45) is 3.96. The number of nitrogens with zero attached hydrogens (tertiary/aromatic N) is 1. The van der Waals surface area contributed by atoms with Crippen LogP contribution in [0.1, 0.15) is 32.1 Å². The number of ether oxygens (including phenoxy) is 1. The van der Waals surface area contributed by atoms with Crippen molar-refractivity contribution in [1.82, 2.24) is 10.2 Å². The van der Waals surface area contributed by atoms with E-state index < -0.39 is 18.0 Å². The van der Waals surface area contributed by atoms with Gasteiger partial charge in [0, 0.05) is 6.54 Å². The molecule has 1 saturated heterocycles. The smallest absolute Gasteiger partial charge is 0.407 e. The van der Waals surface area contributed by atoms with Gasteiger partial charge in [-0.1, -0.05) is 0 Å². The van der Waals surface area contributed by atoms with Crippen molar-refractivity contribution in [2.75, 3.05) is 13.1 Å². The van der Waals surface area contributed by atoms with Crippen LogP contribution in [0.25, 0.3) is 0 Å². The number of amides is 3. The molecule has 0 aromatic heterocycles. The molecule has 21 heavy (non-hydrogen) atoms. The molecule has 4 atom stereocenters. The molecule has 1 aliphatic heterocycles. The molecule has 1 heterocycles.